The van der Waals surface area contributed by atoms with E-state index in [1.165, 1.54) is 68.6 Å². The fourth-order valence-electron chi connectivity index (χ4n) is 5.14. The van der Waals surface area contributed by atoms with Crippen LogP contribution in [0.2, 0.25) is 0 Å². The summed E-state index contributed by atoms with van der Waals surface area (Å²) in [6.45, 7) is 3.13. The minimum Gasteiger partial charge on any atom is -0.378 e. The molecule has 1 aromatic carbocycles. The van der Waals surface area contributed by atoms with Crippen molar-refractivity contribution in [1.29, 1.82) is 5.26 Å². The third-order valence-corrected chi connectivity index (χ3v) is 7.14. The molecule has 0 heterocycles. The molecule has 3 heteroatoms. The highest BCUT2D eigenvalue weighted by atomic mass is 19.1. The van der Waals surface area contributed by atoms with Crippen LogP contribution in [0.15, 0.2) is 36.2 Å². The first kappa shape index (κ1) is 23.0. The number of nitrogens with zero attached hydrogens (tertiary/aromatic N) is 1. The van der Waals surface area contributed by atoms with Crippen LogP contribution < -0.4 is 0 Å². The van der Waals surface area contributed by atoms with Gasteiger partial charge in [-0.1, -0.05) is 44.0 Å². The Balaban J connectivity index is 1.34. The molecule has 2 nitrogen and oxygen atoms in total. The van der Waals surface area contributed by atoms with E-state index in [1.54, 1.807) is 6.07 Å². The summed E-state index contributed by atoms with van der Waals surface area (Å²) in [5.74, 6) is 0.964. The number of rotatable bonds is 9. The minimum absolute atomic E-state index is 0.206. The van der Waals surface area contributed by atoms with Crippen molar-refractivity contribution in [2.24, 2.45) is 11.8 Å². The molecular weight excluding hydrogens is 373 g/mol. The number of hydrogen-bond donors (Lipinski definition) is 0. The van der Waals surface area contributed by atoms with Gasteiger partial charge in [0.25, 0.3) is 0 Å². The quantitative estimate of drug-likeness (QED) is 0.309. The molecule has 0 radical (unpaired) electrons. The van der Waals surface area contributed by atoms with Crippen LogP contribution in [0.5, 0.6) is 0 Å². The van der Waals surface area contributed by atoms with Crippen molar-refractivity contribution in [3.05, 3.63) is 47.3 Å². The number of aryl methyl sites for hydroxylation is 1. The molecule has 0 aliphatic heterocycles. The molecule has 164 valence electrons. The first-order chi connectivity index (χ1) is 14.7. The Kier molecular flexibility index (Phi) is 9.40. The molecule has 2 saturated carbocycles. The standard InChI is InChI=1S/C27H38FNO/c1-2-3-4-5-21-6-12-24(13-7-21)25-14-8-23(9-15-25)20-30-27-16-10-22(11-17-27)18-26(28)19-29/h6-7,12-13,18,22-23,25,27H,2-5,8-11,14-17,20H2,1H3/b26-18+/t22-,23-,25-,27-. The summed E-state index contributed by atoms with van der Waals surface area (Å²) in [6.07, 6.45) is 15.8. The van der Waals surface area contributed by atoms with Gasteiger partial charge in [0.15, 0.2) is 5.83 Å². The Bertz CT molecular complexity index is 689. The van der Waals surface area contributed by atoms with Crippen LogP contribution in [0.1, 0.15) is 94.6 Å². The maximum Gasteiger partial charge on any atom is 0.196 e. The normalized spacial score (nSPS) is 27.6. The van der Waals surface area contributed by atoms with Gasteiger partial charge in [-0.25, -0.2) is 0 Å². The van der Waals surface area contributed by atoms with Crippen molar-refractivity contribution in [3.63, 3.8) is 0 Å². The summed E-state index contributed by atoms with van der Waals surface area (Å²) in [7, 11) is 0. The first-order valence-corrected chi connectivity index (χ1v) is 12.2. The Morgan fingerprint density at radius 3 is 2.37 bits per heavy atom. The van der Waals surface area contributed by atoms with Gasteiger partial charge < -0.3 is 4.74 Å². The van der Waals surface area contributed by atoms with Crippen LogP contribution in [-0.4, -0.2) is 12.7 Å². The van der Waals surface area contributed by atoms with Gasteiger partial charge in [0.2, 0.25) is 0 Å². The number of halogens is 1. The monoisotopic (exact) mass is 411 g/mol. The molecule has 0 bridgehead atoms. The van der Waals surface area contributed by atoms with E-state index >= 15 is 0 Å². The fourth-order valence-corrected chi connectivity index (χ4v) is 5.14. The van der Waals surface area contributed by atoms with Crippen LogP contribution in [0.3, 0.4) is 0 Å². The van der Waals surface area contributed by atoms with E-state index in [0.29, 0.717) is 17.9 Å². The summed E-state index contributed by atoms with van der Waals surface area (Å²) >= 11 is 0. The van der Waals surface area contributed by atoms with E-state index in [0.717, 1.165) is 32.3 Å². The van der Waals surface area contributed by atoms with E-state index in [9.17, 15) is 4.39 Å². The third-order valence-electron chi connectivity index (χ3n) is 7.14. The number of unbranched alkanes of at least 4 members (excludes halogenated alkanes) is 2. The van der Waals surface area contributed by atoms with E-state index < -0.39 is 5.83 Å². The van der Waals surface area contributed by atoms with E-state index in [4.69, 9.17) is 10.00 Å². The van der Waals surface area contributed by atoms with Gasteiger partial charge >= 0.3 is 0 Å². The van der Waals surface area contributed by atoms with Gasteiger partial charge in [0.05, 0.1) is 6.10 Å². The summed E-state index contributed by atoms with van der Waals surface area (Å²) in [5, 5.41) is 8.57. The SMILES string of the molecule is CCCCCc1ccc([C@H]2CC[C@H](CO[C@H]3CC[C@H](/C=C(/F)C#N)CC3)CC2)cc1. The summed E-state index contributed by atoms with van der Waals surface area (Å²) in [5.41, 5.74) is 3.00. The molecule has 2 aliphatic rings. The molecule has 3 rings (SSSR count). The highest BCUT2D eigenvalue weighted by Crippen LogP contribution is 2.37. The smallest absolute Gasteiger partial charge is 0.196 e. The molecule has 0 N–H and O–H groups in total. The maximum absolute atomic E-state index is 13.1. The Morgan fingerprint density at radius 2 is 1.73 bits per heavy atom. The molecule has 0 atom stereocenters. The van der Waals surface area contributed by atoms with Gasteiger partial charge in [0.1, 0.15) is 6.07 Å². The predicted octanol–water partition coefficient (Wildman–Crippen LogP) is 7.65. The van der Waals surface area contributed by atoms with Crippen molar-refractivity contribution in [2.45, 2.75) is 96.0 Å². The summed E-state index contributed by atoms with van der Waals surface area (Å²) < 4.78 is 19.3. The molecule has 0 amide bonds. The number of allylic oxidation sites excluding steroid dienone is 2. The highest BCUT2D eigenvalue weighted by Gasteiger charge is 2.25. The fraction of sp³-hybridized carbons (Fsp3) is 0.667. The molecule has 0 unspecified atom stereocenters. The number of hydrogen-bond acceptors (Lipinski definition) is 2. The average molecular weight is 412 g/mol. The van der Waals surface area contributed by atoms with E-state index in [2.05, 4.69) is 31.2 Å². The lowest BCUT2D eigenvalue weighted by Crippen LogP contribution is -2.25. The maximum atomic E-state index is 13.1. The second-order valence-corrected chi connectivity index (χ2v) is 9.41. The van der Waals surface area contributed by atoms with Gasteiger partial charge in [-0.15, -0.1) is 0 Å². The Labute approximate surface area is 182 Å². The third kappa shape index (κ3) is 7.24. The Hall–Kier alpha value is -1.66. The zero-order valence-electron chi connectivity index (χ0n) is 18.6. The van der Waals surface area contributed by atoms with Crippen LogP contribution in [0.25, 0.3) is 0 Å². The molecule has 2 fully saturated rings. The van der Waals surface area contributed by atoms with Gasteiger partial charge in [-0.3, -0.25) is 0 Å². The molecule has 2 aliphatic carbocycles. The lowest BCUT2D eigenvalue weighted by molar-refractivity contribution is -0.00465. The van der Waals surface area contributed by atoms with E-state index in [-0.39, 0.29) is 5.92 Å². The second-order valence-electron chi connectivity index (χ2n) is 9.41. The predicted molar refractivity (Wildman–Crippen MR) is 121 cm³/mol. The van der Waals surface area contributed by atoms with Crippen molar-refractivity contribution in [3.8, 4) is 6.07 Å². The summed E-state index contributed by atoms with van der Waals surface area (Å²) in [4.78, 5) is 0. The van der Waals surface area contributed by atoms with Gasteiger partial charge in [0, 0.05) is 6.61 Å². The van der Waals surface area contributed by atoms with Crippen LogP contribution in [-0.2, 0) is 11.2 Å². The van der Waals surface area contributed by atoms with E-state index in [1.807, 2.05) is 0 Å². The average Bonchev–Trinajstić information content (AvgIpc) is 2.79. The first-order valence-electron chi connectivity index (χ1n) is 12.2. The minimum atomic E-state index is -0.637. The Morgan fingerprint density at radius 1 is 1.03 bits per heavy atom. The topological polar surface area (TPSA) is 33.0 Å². The largest absolute Gasteiger partial charge is 0.378 e. The highest BCUT2D eigenvalue weighted by molar-refractivity contribution is 5.26. The number of benzene rings is 1. The molecular formula is C27H38FNO. The molecule has 0 spiro atoms. The molecule has 0 aromatic heterocycles. The zero-order valence-corrected chi connectivity index (χ0v) is 18.6. The molecule has 0 saturated heterocycles. The second kappa shape index (κ2) is 12.3. The van der Waals surface area contributed by atoms with Crippen molar-refractivity contribution in [2.75, 3.05) is 6.61 Å². The van der Waals surface area contributed by atoms with Crippen molar-refractivity contribution < 1.29 is 9.13 Å². The number of ether oxygens (including phenoxy) is 1. The van der Waals surface area contributed by atoms with Crippen LogP contribution >= 0.6 is 0 Å². The molecule has 30 heavy (non-hydrogen) atoms. The van der Waals surface area contributed by atoms with Crippen molar-refractivity contribution in [1.82, 2.24) is 0 Å². The summed E-state index contributed by atoms with van der Waals surface area (Å²) in [6, 6.07) is 11.0. The van der Waals surface area contributed by atoms with Crippen LogP contribution in [0.4, 0.5) is 4.39 Å². The zero-order chi connectivity index (χ0) is 21.2. The lowest BCUT2D eigenvalue weighted by Gasteiger charge is -2.32. The van der Waals surface area contributed by atoms with Gasteiger partial charge in [-0.2, -0.15) is 9.65 Å². The number of nitriles is 1. The van der Waals surface area contributed by atoms with Gasteiger partial charge in [-0.05, 0) is 99.2 Å². The van der Waals surface area contributed by atoms with Crippen molar-refractivity contribution >= 4 is 0 Å². The lowest BCUT2D eigenvalue weighted by atomic mass is 9.78. The van der Waals surface area contributed by atoms with Crippen LogP contribution in [0, 0.1) is 23.2 Å². The molecule has 1 aromatic rings.